The van der Waals surface area contributed by atoms with Crippen LogP contribution in [-0.2, 0) is 14.2 Å². The molecule has 7 fully saturated rings. The van der Waals surface area contributed by atoms with E-state index < -0.39 is 30.2 Å². The summed E-state index contributed by atoms with van der Waals surface area (Å²) in [5.74, 6) is 1.46. The van der Waals surface area contributed by atoms with Crippen LogP contribution in [-0.4, -0.2) is 93.2 Å². The van der Waals surface area contributed by atoms with Crippen molar-refractivity contribution in [2.75, 3.05) is 19.7 Å². The maximum Gasteiger partial charge on any atom is 0.254 e. The second-order valence-electron chi connectivity index (χ2n) is 19.1. The lowest BCUT2D eigenvalue weighted by Crippen LogP contribution is -2.60. The van der Waals surface area contributed by atoms with Crippen molar-refractivity contribution < 1.29 is 34.3 Å². The minimum Gasteiger partial charge on any atom is -0.390 e. The molecule has 3 N–H and O–H groups in total. The molecular weight excluding hydrogens is 620 g/mol. The summed E-state index contributed by atoms with van der Waals surface area (Å²) >= 11 is 0. The van der Waals surface area contributed by atoms with Gasteiger partial charge in [0.25, 0.3) is 5.91 Å². The molecular formula is C40H60N2O7. The highest BCUT2D eigenvalue weighted by molar-refractivity contribution is 5.94. The highest BCUT2D eigenvalue weighted by atomic mass is 16.7. The van der Waals surface area contributed by atoms with Crippen molar-refractivity contribution in [2.24, 2.45) is 50.7 Å². The summed E-state index contributed by atoms with van der Waals surface area (Å²) in [5.41, 5.74) is -0.513. The van der Waals surface area contributed by atoms with E-state index >= 15 is 0 Å². The third-order valence-corrected chi connectivity index (χ3v) is 16.4. The van der Waals surface area contributed by atoms with Gasteiger partial charge in [-0.15, -0.1) is 0 Å². The number of aromatic nitrogens is 1. The van der Waals surface area contributed by atoms with E-state index in [2.05, 4.69) is 39.6 Å². The van der Waals surface area contributed by atoms with Gasteiger partial charge in [-0.2, -0.15) is 0 Å². The summed E-state index contributed by atoms with van der Waals surface area (Å²) in [6, 6.07) is 3.52. The summed E-state index contributed by atoms with van der Waals surface area (Å²) < 4.78 is 19.7. The minimum absolute atomic E-state index is 0.00475. The fraction of sp³-hybridized carbons (Fsp3) is 0.850. The van der Waals surface area contributed by atoms with E-state index in [0.29, 0.717) is 43.5 Å². The lowest BCUT2D eigenvalue weighted by Gasteiger charge is -2.64. The van der Waals surface area contributed by atoms with Crippen LogP contribution in [0.25, 0.3) is 0 Å². The van der Waals surface area contributed by atoms with Gasteiger partial charge in [-0.1, -0.05) is 34.6 Å². The van der Waals surface area contributed by atoms with Crippen molar-refractivity contribution in [3.8, 4) is 0 Å². The number of fused-ring (bicyclic) bond motifs is 4. The van der Waals surface area contributed by atoms with Gasteiger partial charge < -0.3 is 34.4 Å². The van der Waals surface area contributed by atoms with Crippen molar-refractivity contribution in [1.82, 2.24) is 9.88 Å². The Bertz CT molecular complexity index is 1450. The highest BCUT2D eigenvalue weighted by Gasteiger charge is 2.84. The van der Waals surface area contributed by atoms with Gasteiger partial charge in [0.1, 0.15) is 6.10 Å². The fourth-order valence-electron chi connectivity index (χ4n) is 14.0. The standard InChI is InChI=1S/C40H60N2O7/c1-23-20-25(32(43)36(4,5)46)48-31-30(23)37(6)14-15-40-22-39(40)13-10-28(35(2,3)26(39)8-9-27(40)38(37,7)33(31)44)49-29-21-42(18-19-47-29)34(45)24-11-16-41-17-12-24/h11-12,16-17,23,25-33,43-44,46H,8-10,13-15,18-22H2,1-7H3/t23-,25?,26+,27?,28?,29+,30+,31?,32?,33+,37?,38-,39?,40?/m1/s1. The lowest BCUT2D eigenvalue weighted by molar-refractivity contribution is -0.245. The molecule has 0 aromatic carbocycles. The van der Waals surface area contributed by atoms with Gasteiger partial charge in [0.05, 0.1) is 43.2 Å². The average molecular weight is 681 g/mol. The number of aliphatic hydroxyl groups is 3. The Balaban J connectivity index is 1.00. The van der Waals surface area contributed by atoms with Crippen molar-refractivity contribution in [3.63, 3.8) is 0 Å². The first kappa shape index (κ1) is 34.5. The number of morpholine rings is 1. The summed E-state index contributed by atoms with van der Waals surface area (Å²) in [6.07, 6.45) is 9.09. The zero-order valence-electron chi connectivity index (χ0n) is 30.7. The number of carbonyl (C=O) groups is 1. The number of hydrogen-bond donors (Lipinski definition) is 3. The second kappa shape index (κ2) is 11.2. The summed E-state index contributed by atoms with van der Waals surface area (Å²) in [6.45, 7) is 16.7. The lowest BCUT2D eigenvalue weighted by atomic mass is 9.41. The number of pyridine rings is 1. The molecule has 5 aliphatic carbocycles. The molecule has 272 valence electrons. The molecule has 3 heterocycles. The van der Waals surface area contributed by atoms with E-state index in [1.807, 2.05) is 4.90 Å². The van der Waals surface area contributed by atoms with E-state index in [9.17, 15) is 20.1 Å². The molecule has 49 heavy (non-hydrogen) atoms. The predicted molar refractivity (Wildman–Crippen MR) is 183 cm³/mol. The Morgan fingerprint density at radius 3 is 2.47 bits per heavy atom. The molecule has 8 unspecified atom stereocenters. The second-order valence-corrected chi connectivity index (χ2v) is 19.1. The first-order valence-corrected chi connectivity index (χ1v) is 19.2. The Morgan fingerprint density at radius 1 is 1.06 bits per heavy atom. The van der Waals surface area contributed by atoms with Crippen LogP contribution in [0.1, 0.15) is 110 Å². The fourth-order valence-corrected chi connectivity index (χ4v) is 14.0. The zero-order valence-corrected chi connectivity index (χ0v) is 30.7. The first-order valence-electron chi connectivity index (χ1n) is 19.2. The number of nitrogens with zero attached hydrogens (tertiary/aromatic N) is 2. The van der Waals surface area contributed by atoms with Crippen molar-refractivity contribution in [2.45, 2.75) is 142 Å². The molecule has 14 atom stereocenters. The van der Waals surface area contributed by atoms with Crippen LogP contribution in [0.3, 0.4) is 0 Å². The third-order valence-electron chi connectivity index (χ3n) is 16.4. The number of amides is 1. The van der Waals surface area contributed by atoms with Crippen LogP contribution < -0.4 is 0 Å². The van der Waals surface area contributed by atoms with Gasteiger partial charge >= 0.3 is 0 Å². The van der Waals surface area contributed by atoms with Gasteiger partial charge in [-0.25, -0.2) is 0 Å². The SMILES string of the molecule is C[C@@H]1CC(C(O)C(C)(C)O)OC2[C@H]1C1(C)CCC34CC35CCC(O[C@H]3CN(C(=O)c6ccncc6)CCO3)C(C)(C)[C@@H]5CCC4[C@]1(C)[C@H]2O. The van der Waals surface area contributed by atoms with Gasteiger partial charge in [-0.05, 0) is 123 Å². The maximum atomic E-state index is 13.2. The Hall–Kier alpha value is -1.62. The molecule has 5 saturated carbocycles. The largest absolute Gasteiger partial charge is 0.390 e. The van der Waals surface area contributed by atoms with E-state index in [-0.39, 0.29) is 57.0 Å². The van der Waals surface area contributed by atoms with Crippen LogP contribution in [0.5, 0.6) is 0 Å². The number of aliphatic hydroxyl groups excluding tert-OH is 2. The van der Waals surface area contributed by atoms with Crippen LogP contribution >= 0.6 is 0 Å². The quantitative estimate of drug-likeness (QED) is 0.388. The van der Waals surface area contributed by atoms with Crippen LogP contribution in [0, 0.1) is 50.7 Å². The van der Waals surface area contributed by atoms with E-state index in [1.54, 1.807) is 38.4 Å². The predicted octanol–water partition coefficient (Wildman–Crippen LogP) is 5.21. The molecule has 1 aromatic rings. The Labute approximate surface area is 292 Å². The minimum atomic E-state index is -1.26. The molecule has 9 nitrogen and oxygen atoms in total. The zero-order chi connectivity index (χ0) is 34.9. The van der Waals surface area contributed by atoms with E-state index in [4.69, 9.17) is 14.2 Å². The number of ether oxygens (including phenoxy) is 3. The maximum absolute atomic E-state index is 13.2. The Kier molecular flexibility index (Phi) is 7.87. The van der Waals surface area contributed by atoms with E-state index in [1.165, 1.54) is 12.8 Å². The molecule has 1 amide bonds. The van der Waals surface area contributed by atoms with Crippen molar-refractivity contribution >= 4 is 5.91 Å². The number of hydrogen-bond acceptors (Lipinski definition) is 8. The molecule has 2 saturated heterocycles. The van der Waals surface area contributed by atoms with Crippen LogP contribution in [0.2, 0.25) is 0 Å². The van der Waals surface area contributed by atoms with Gasteiger partial charge in [-0.3, -0.25) is 9.78 Å². The normalized spacial score (nSPS) is 49.1. The van der Waals surface area contributed by atoms with Crippen LogP contribution in [0.4, 0.5) is 0 Å². The summed E-state index contributed by atoms with van der Waals surface area (Å²) in [7, 11) is 0. The monoisotopic (exact) mass is 680 g/mol. The molecule has 8 rings (SSSR count). The smallest absolute Gasteiger partial charge is 0.254 e. The summed E-state index contributed by atoms with van der Waals surface area (Å²) in [4.78, 5) is 19.1. The van der Waals surface area contributed by atoms with Gasteiger partial charge in [0, 0.05) is 29.9 Å². The molecule has 9 heteroatoms. The van der Waals surface area contributed by atoms with Crippen molar-refractivity contribution in [3.05, 3.63) is 30.1 Å². The van der Waals surface area contributed by atoms with Gasteiger partial charge in [0.15, 0.2) is 6.29 Å². The molecule has 1 aromatic heterocycles. The van der Waals surface area contributed by atoms with Crippen LogP contribution in [0.15, 0.2) is 24.5 Å². The molecule has 2 aliphatic heterocycles. The van der Waals surface area contributed by atoms with E-state index in [0.717, 1.165) is 32.1 Å². The van der Waals surface area contributed by atoms with Crippen molar-refractivity contribution in [1.29, 1.82) is 0 Å². The molecule has 0 radical (unpaired) electrons. The molecule has 0 bridgehead atoms. The highest BCUT2D eigenvalue weighted by Crippen LogP contribution is 2.89. The number of carbonyl (C=O) groups excluding carboxylic acids is 1. The summed E-state index contributed by atoms with van der Waals surface area (Å²) in [5, 5.41) is 34.2. The average Bonchev–Trinajstić information content (AvgIpc) is 3.70. The topological polar surface area (TPSA) is 122 Å². The van der Waals surface area contributed by atoms with Gasteiger partial charge in [0.2, 0.25) is 0 Å². The molecule has 7 aliphatic rings. The molecule has 2 spiro atoms. The number of rotatable bonds is 5. The Morgan fingerprint density at radius 2 is 1.76 bits per heavy atom. The third kappa shape index (κ3) is 4.64. The first-order chi connectivity index (χ1) is 23.0.